The van der Waals surface area contributed by atoms with Crippen molar-refractivity contribution in [1.82, 2.24) is 19.1 Å². The third-order valence-electron chi connectivity index (χ3n) is 8.10. The number of sulfonamides is 1. The van der Waals surface area contributed by atoms with Crippen LogP contribution in [0.4, 0.5) is 14.5 Å². The van der Waals surface area contributed by atoms with Crippen molar-refractivity contribution in [2.45, 2.75) is 43.7 Å². The Morgan fingerprint density at radius 1 is 1.11 bits per heavy atom. The second-order valence-corrected chi connectivity index (χ2v) is 12.2. The van der Waals surface area contributed by atoms with Crippen molar-refractivity contribution in [3.8, 4) is 5.69 Å². The maximum Gasteiger partial charge on any atom is 0.244 e. The third-order valence-corrected chi connectivity index (χ3v) is 9.91. The largest absolute Gasteiger partial charge is 0.367 e. The van der Waals surface area contributed by atoms with Gasteiger partial charge in [0.1, 0.15) is 16.9 Å². The van der Waals surface area contributed by atoms with Crippen LogP contribution in [-0.4, -0.2) is 59.8 Å². The standard InChI is InChI=1S/C27H29F2N5O2S/c1-2-27-13-19-14-31-34(23-5-3-21(28)4-6-23)26(19)11-20(27)7-10-33(18-27)37(35,36)25-12-24(15-30-16-25)32-9-8-22(29)17-32/h3-6,11-12,14-16,22H,2,7-10,13,17-18H2,1H3/t22-,27+/m0/s1. The summed E-state index contributed by atoms with van der Waals surface area (Å²) in [6.45, 7) is 3.66. The molecule has 0 spiro atoms. The van der Waals surface area contributed by atoms with Gasteiger partial charge in [-0.15, -0.1) is 0 Å². The van der Waals surface area contributed by atoms with Crippen molar-refractivity contribution in [1.29, 1.82) is 0 Å². The van der Waals surface area contributed by atoms with E-state index in [1.165, 1.54) is 23.9 Å². The molecule has 1 aromatic carbocycles. The SMILES string of the molecule is CC[C@]12Cc3cnn(-c4ccc(F)cc4)c3C=C1CCN(S(=O)(=O)c1cncc(N3CC[C@H](F)C3)c1)C2. The molecule has 2 aliphatic heterocycles. The maximum absolute atomic E-state index is 13.7. The molecule has 0 amide bonds. The Morgan fingerprint density at radius 2 is 1.92 bits per heavy atom. The van der Waals surface area contributed by atoms with Crippen LogP contribution in [0.1, 0.15) is 37.4 Å². The number of pyridine rings is 1. The van der Waals surface area contributed by atoms with E-state index in [1.54, 1.807) is 28.7 Å². The van der Waals surface area contributed by atoms with Gasteiger partial charge in [-0.1, -0.05) is 12.5 Å². The summed E-state index contributed by atoms with van der Waals surface area (Å²) in [5.74, 6) is -0.297. The highest BCUT2D eigenvalue weighted by Gasteiger charge is 2.45. The van der Waals surface area contributed by atoms with E-state index in [4.69, 9.17) is 0 Å². The smallest absolute Gasteiger partial charge is 0.244 e. The second kappa shape index (κ2) is 9.02. The summed E-state index contributed by atoms with van der Waals surface area (Å²) in [5, 5.41) is 4.57. The number of nitrogens with zero attached hydrogens (tertiary/aromatic N) is 5. The first-order valence-electron chi connectivity index (χ1n) is 12.7. The van der Waals surface area contributed by atoms with E-state index in [0.29, 0.717) is 44.6 Å². The van der Waals surface area contributed by atoms with Gasteiger partial charge < -0.3 is 4.90 Å². The monoisotopic (exact) mass is 525 g/mol. The van der Waals surface area contributed by atoms with Crippen LogP contribution >= 0.6 is 0 Å². The predicted molar refractivity (Wildman–Crippen MR) is 137 cm³/mol. The van der Waals surface area contributed by atoms with E-state index in [-0.39, 0.29) is 22.7 Å². The van der Waals surface area contributed by atoms with Crippen LogP contribution in [-0.2, 0) is 16.4 Å². The Kier molecular flexibility index (Phi) is 5.91. The second-order valence-electron chi connectivity index (χ2n) is 10.2. The Balaban J connectivity index is 1.29. The molecule has 2 fully saturated rings. The molecule has 2 atom stereocenters. The van der Waals surface area contributed by atoms with Crippen LogP contribution in [0, 0.1) is 11.2 Å². The highest BCUT2D eigenvalue weighted by atomic mass is 32.2. The number of hydrogen-bond acceptors (Lipinski definition) is 5. The molecule has 10 heteroatoms. The number of fused-ring (bicyclic) bond motifs is 2. The molecule has 2 saturated heterocycles. The third kappa shape index (κ3) is 4.16. The molecule has 6 rings (SSSR count). The van der Waals surface area contributed by atoms with Gasteiger partial charge in [0, 0.05) is 37.8 Å². The first-order chi connectivity index (χ1) is 17.8. The first kappa shape index (κ1) is 24.2. The topological polar surface area (TPSA) is 71.3 Å². The van der Waals surface area contributed by atoms with Gasteiger partial charge in [-0.3, -0.25) is 4.98 Å². The lowest BCUT2D eigenvalue weighted by Crippen LogP contribution is -2.49. The van der Waals surface area contributed by atoms with Crippen molar-refractivity contribution in [3.63, 3.8) is 0 Å². The number of alkyl halides is 1. The summed E-state index contributed by atoms with van der Waals surface area (Å²) in [4.78, 5) is 6.18. The molecule has 3 aliphatic rings. The Hall–Kier alpha value is -3.11. The van der Waals surface area contributed by atoms with Crippen LogP contribution in [0.3, 0.4) is 0 Å². The van der Waals surface area contributed by atoms with Gasteiger partial charge in [-0.2, -0.15) is 9.40 Å². The molecular weight excluding hydrogens is 496 g/mol. The molecule has 1 aliphatic carbocycles. The lowest BCUT2D eigenvalue weighted by atomic mass is 9.67. The molecule has 2 aromatic heterocycles. The van der Waals surface area contributed by atoms with Gasteiger partial charge in [0.25, 0.3) is 0 Å². The number of piperidine rings is 1. The van der Waals surface area contributed by atoms with E-state index in [9.17, 15) is 17.2 Å². The quantitative estimate of drug-likeness (QED) is 0.494. The Morgan fingerprint density at radius 3 is 2.65 bits per heavy atom. The van der Waals surface area contributed by atoms with Crippen LogP contribution in [0.25, 0.3) is 11.8 Å². The Labute approximate surface area is 215 Å². The zero-order chi connectivity index (χ0) is 25.8. The molecule has 194 valence electrons. The summed E-state index contributed by atoms with van der Waals surface area (Å²) in [6, 6.07) is 7.87. The molecule has 0 bridgehead atoms. The van der Waals surface area contributed by atoms with E-state index in [2.05, 4.69) is 23.1 Å². The normalized spacial score (nSPS) is 24.0. The summed E-state index contributed by atoms with van der Waals surface area (Å²) in [6.07, 6.45) is 8.59. The molecule has 37 heavy (non-hydrogen) atoms. The zero-order valence-corrected chi connectivity index (χ0v) is 21.5. The van der Waals surface area contributed by atoms with Crippen molar-refractivity contribution < 1.29 is 17.2 Å². The number of anilines is 1. The molecule has 0 N–H and O–H groups in total. The van der Waals surface area contributed by atoms with Crippen molar-refractivity contribution in [3.05, 3.63) is 71.6 Å². The lowest BCUT2D eigenvalue weighted by molar-refractivity contribution is 0.204. The summed E-state index contributed by atoms with van der Waals surface area (Å²) in [7, 11) is -3.78. The van der Waals surface area contributed by atoms with E-state index in [0.717, 1.165) is 23.4 Å². The van der Waals surface area contributed by atoms with Gasteiger partial charge in [-0.25, -0.2) is 21.9 Å². The molecule has 4 heterocycles. The van der Waals surface area contributed by atoms with E-state index < -0.39 is 16.2 Å². The summed E-state index contributed by atoms with van der Waals surface area (Å²) >= 11 is 0. The first-order valence-corrected chi connectivity index (χ1v) is 14.1. The fourth-order valence-corrected chi connectivity index (χ4v) is 7.42. The van der Waals surface area contributed by atoms with Crippen LogP contribution in [0.5, 0.6) is 0 Å². The van der Waals surface area contributed by atoms with Gasteiger partial charge in [0.2, 0.25) is 10.0 Å². The fraction of sp³-hybridized carbons (Fsp3) is 0.407. The average molecular weight is 526 g/mol. The van der Waals surface area contributed by atoms with Crippen molar-refractivity contribution in [2.75, 3.05) is 31.1 Å². The minimum absolute atomic E-state index is 0.145. The molecule has 7 nitrogen and oxygen atoms in total. The van der Waals surface area contributed by atoms with Gasteiger partial charge in [-0.05, 0) is 67.7 Å². The van der Waals surface area contributed by atoms with Gasteiger partial charge in [0.05, 0.1) is 29.5 Å². The number of rotatable bonds is 5. The summed E-state index contributed by atoms with van der Waals surface area (Å²) < 4.78 is 58.0. The highest BCUT2D eigenvalue weighted by molar-refractivity contribution is 7.89. The predicted octanol–water partition coefficient (Wildman–Crippen LogP) is 4.39. The zero-order valence-electron chi connectivity index (χ0n) is 20.6. The van der Waals surface area contributed by atoms with E-state index in [1.807, 2.05) is 15.8 Å². The van der Waals surface area contributed by atoms with Crippen molar-refractivity contribution >= 4 is 21.8 Å². The number of hydrogen-bond donors (Lipinski definition) is 0. The van der Waals surface area contributed by atoms with Crippen LogP contribution in [0.2, 0.25) is 0 Å². The minimum Gasteiger partial charge on any atom is -0.367 e. The highest BCUT2D eigenvalue weighted by Crippen LogP contribution is 2.47. The lowest BCUT2D eigenvalue weighted by Gasteiger charge is -2.45. The number of halogens is 2. The van der Waals surface area contributed by atoms with Crippen LogP contribution < -0.4 is 4.90 Å². The molecule has 0 radical (unpaired) electrons. The molecule has 0 saturated carbocycles. The summed E-state index contributed by atoms with van der Waals surface area (Å²) in [5.41, 5.74) is 4.34. The maximum atomic E-state index is 13.7. The molecule has 0 unspecified atom stereocenters. The molecular formula is C27H29F2N5O2S. The minimum atomic E-state index is -3.78. The number of aromatic nitrogens is 3. The van der Waals surface area contributed by atoms with Crippen LogP contribution in [0.15, 0.2) is 59.4 Å². The van der Waals surface area contributed by atoms with Gasteiger partial charge in [0.15, 0.2) is 0 Å². The van der Waals surface area contributed by atoms with Gasteiger partial charge >= 0.3 is 0 Å². The molecule has 3 aromatic rings. The van der Waals surface area contributed by atoms with Crippen molar-refractivity contribution in [2.24, 2.45) is 5.41 Å². The van der Waals surface area contributed by atoms with E-state index >= 15 is 0 Å². The number of benzene rings is 1. The Bertz CT molecular complexity index is 1470. The average Bonchev–Trinajstić information content (AvgIpc) is 3.53. The fourth-order valence-electron chi connectivity index (χ4n) is 5.91.